The normalized spacial score (nSPS) is 19.5. The van der Waals surface area contributed by atoms with E-state index in [0.29, 0.717) is 5.30 Å². The molecular formula is C25H25N2O7P. The Morgan fingerprint density at radius 1 is 1.00 bits per heavy atom. The van der Waals surface area contributed by atoms with Crippen LogP contribution in [0.2, 0.25) is 0 Å². The van der Waals surface area contributed by atoms with Crippen LogP contribution < -0.4 is 27.2 Å². The van der Waals surface area contributed by atoms with Crippen LogP contribution in [0.5, 0.6) is 0 Å². The highest BCUT2D eigenvalue weighted by Gasteiger charge is 2.40. The molecule has 2 aromatic carbocycles. The van der Waals surface area contributed by atoms with Gasteiger partial charge in [0.15, 0.2) is 0 Å². The highest BCUT2D eigenvalue weighted by molar-refractivity contribution is 7.79. The predicted molar refractivity (Wildman–Crippen MR) is 131 cm³/mol. The summed E-state index contributed by atoms with van der Waals surface area (Å²) in [6, 6.07) is 19.2. The van der Waals surface area contributed by atoms with Crippen LogP contribution in [0.15, 0.2) is 76.4 Å². The predicted octanol–water partition coefficient (Wildman–Crippen LogP) is 1.08. The van der Waals surface area contributed by atoms with Crippen molar-refractivity contribution in [2.45, 2.75) is 38.7 Å². The molecule has 0 saturated carbocycles. The molecule has 0 unspecified atom stereocenters. The first-order valence-corrected chi connectivity index (χ1v) is 12.4. The second-order valence-electron chi connectivity index (χ2n) is 8.00. The molecule has 1 aliphatic heterocycles. The van der Waals surface area contributed by atoms with Crippen molar-refractivity contribution in [2.75, 3.05) is 6.61 Å². The maximum Gasteiger partial charge on any atom is 0.330 e. The SMILES string of the molecule is CC(=O)OC[C@H]1O[C@@H](n2cc(P(c3ccccc3)c3ccccc3)c(=O)[nH]c2=O)C[C@@H]1OC(C)=O. The summed E-state index contributed by atoms with van der Waals surface area (Å²) in [6.07, 6.45) is -0.614. The lowest BCUT2D eigenvalue weighted by molar-refractivity contribution is -0.155. The highest BCUT2D eigenvalue weighted by Crippen LogP contribution is 2.33. The maximum absolute atomic E-state index is 13.0. The van der Waals surface area contributed by atoms with Crippen molar-refractivity contribution in [2.24, 2.45) is 0 Å². The summed E-state index contributed by atoms with van der Waals surface area (Å²) in [4.78, 5) is 51.1. The Kier molecular flexibility index (Phi) is 7.58. The van der Waals surface area contributed by atoms with Crippen LogP contribution in [-0.2, 0) is 23.8 Å². The van der Waals surface area contributed by atoms with Crippen molar-refractivity contribution >= 4 is 35.8 Å². The highest BCUT2D eigenvalue weighted by atomic mass is 31.1. The van der Waals surface area contributed by atoms with Crippen molar-refractivity contribution in [1.29, 1.82) is 0 Å². The molecule has 1 fully saturated rings. The van der Waals surface area contributed by atoms with Gasteiger partial charge in [-0.3, -0.25) is 23.9 Å². The lowest BCUT2D eigenvalue weighted by Crippen LogP contribution is -2.42. The summed E-state index contributed by atoms with van der Waals surface area (Å²) < 4.78 is 17.7. The molecule has 0 spiro atoms. The largest absolute Gasteiger partial charge is 0.463 e. The number of hydrogen-bond acceptors (Lipinski definition) is 7. The topological polar surface area (TPSA) is 117 Å². The summed E-state index contributed by atoms with van der Waals surface area (Å²) in [5.74, 6) is -1.02. The number of hydrogen-bond donors (Lipinski definition) is 1. The number of rotatable bonds is 7. The van der Waals surface area contributed by atoms with E-state index in [-0.39, 0.29) is 13.0 Å². The molecule has 1 aromatic heterocycles. The van der Waals surface area contributed by atoms with Gasteiger partial charge in [0.25, 0.3) is 5.56 Å². The molecule has 10 heteroatoms. The molecule has 3 aromatic rings. The van der Waals surface area contributed by atoms with E-state index in [9.17, 15) is 19.2 Å². The van der Waals surface area contributed by atoms with Gasteiger partial charge in [-0.2, -0.15) is 0 Å². The number of ether oxygens (including phenoxy) is 3. The molecule has 2 heterocycles. The molecule has 0 radical (unpaired) electrons. The quantitative estimate of drug-likeness (QED) is 0.384. The van der Waals surface area contributed by atoms with Crippen LogP contribution in [0, 0.1) is 0 Å². The monoisotopic (exact) mass is 496 g/mol. The number of aromatic nitrogens is 2. The van der Waals surface area contributed by atoms with Gasteiger partial charge in [0.2, 0.25) is 0 Å². The standard InChI is InChI=1S/C25H25N2O7P/c1-16(28)32-15-21-20(33-17(2)29)13-23(34-21)27-14-22(24(30)26-25(27)31)35(18-9-5-3-6-10-18)19-11-7-4-8-12-19/h3-12,14,20-21,23H,13,15H2,1-2H3,(H,26,30,31)/t20-,21+,23+/m0/s1. The number of nitrogens with one attached hydrogen (secondary N) is 1. The summed E-state index contributed by atoms with van der Waals surface area (Å²) in [6.45, 7) is 2.41. The van der Waals surface area contributed by atoms with E-state index in [1.807, 2.05) is 60.7 Å². The van der Waals surface area contributed by atoms with Gasteiger partial charge in [-0.25, -0.2) is 4.79 Å². The molecule has 1 N–H and O–H groups in total. The van der Waals surface area contributed by atoms with E-state index in [0.717, 1.165) is 10.6 Å². The van der Waals surface area contributed by atoms with Gasteiger partial charge in [0.05, 0.1) is 5.30 Å². The van der Waals surface area contributed by atoms with Gasteiger partial charge >= 0.3 is 17.6 Å². The summed E-state index contributed by atoms with van der Waals surface area (Å²) >= 11 is 0. The number of carbonyl (C=O) groups excluding carboxylic acids is 2. The summed E-state index contributed by atoms with van der Waals surface area (Å²) in [5, 5.41) is 2.32. The van der Waals surface area contributed by atoms with Crippen LogP contribution in [0.1, 0.15) is 26.5 Å². The minimum atomic E-state index is -1.27. The third-order valence-corrected chi connectivity index (χ3v) is 7.91. The maximum atomic E-state index is 13.0. The Morgan fingerprint density at radius 3 is 2.14 bits per heavy atom. The van der Waals surface area contributed by atoms with Gasteiger partial charge in [-0.15, -0.1) is 0 Å². The minimum absolute atomic E-state index is 0.129. The zero-order valence-electron chi connectivity index (χ0n) is 19.2. The molecule has 35 heavy (non-hydrogen) atoms. The van der Waals surface area contributed by atoms with E-state index in [2.05, 4.69) is 4.98 Å². The first-order chi connectivity index (χ1) is 16.8. The number of aromatic amines is 1. The van der Waals surface area contributed by atoms with Crippen LogP contribution >= 0.6 is 7.92 Å². The van der Waals surface area contributed by atoms with Crippen molar-refractivity contribution in [1.82, 2.24) is 9.55 Å². The Balaban J connectivity index is 1.74. The lowest BCUT2D eigenvalue weighted by Gasteiger charge is -2.21. The van der Waals surface area contributed by atoms with E-state index < -0.39 is 49.5 Å². The summed E-state index contributed by atoms with van der Waals surface area (Å²) in [5.41, 5.74) is -1.12. The second-order valence-corrected chi connectivity index (χ2v) is 10.2. The van der Waals surface area contributed by atoms with E-state index in [4.69, 9.17) is 14.2 Å². The number of benzene rings is 2. The number of esters is 2. The Labute approximate surface area is 202 Å². The minimum Gasteiger partial charge on any atom is -0.463 e. The first kappa shape index (κ1) is 24.6. The van der Waals surface area contributed by atoms with E-state index in [1.165, 1.54) is 24.6 Å². The third kappa shape index (κ3) is 5.75. The second kappa shape index (κ2) is 10.8. The van der Waals surface area contributed by atoms with Gasteiger partial charge in [-0.05, 0) is 18.5 Å². The molecule has 1 saturated heterocycles. The smallest absolute Gasteiger partial charge is 0.330 e. The van der Waals surface area contributed by atoms with Crippen molar-refractivity contribution in [3.63, 3.8) is 0 Å². The third-order valence-electron chi connectivity index (χ3n) is 5.48. The fourth-order valence-electron chi connectivity index (χ4n) is 3.99. The zero-order valence-corrected chi connectivity index (χ0v) is 20.1. The van der Waals surface area contributed by atoms with Gasteiger partial charge in [0, 0.05) is 26.5 Å². The zero-order chi connectivity index (χ0) is 24.9. The molecule has 9 nitrogen and oxygen atoms in total. The first-order valence-electron chi connectivity index (χ1n) is 11.0. The van der Waals surface area contributed by atoms with Crippen LogP contribution in [0.25, 0.3) is 0 Å². The van der Waals surface area contributed by atoms with E-state index >= 15 is 0 Å². The van der Waals surface area contributed by atoms with Crippen LogP contribution in [0.3, 0.4) is 0 Å². The summed E-state index contributed by atoms with van der Waals surface area (Å²) in [7, 11) is -1.27. The number of nitrogens with zero attached hydrogens (tertiary/aromatic N) is 1. The lowest BCUT2D eigenvalue weighted by atomic mass is 10.2. The molecule has 0 amide bonds. The van der Waals surface area contributed by atoms with Gasteiger partial charge in [-0.1, -0.05) is 60.7 Å². The van der Waals surface area contributed by atoms with Crippen LogP contribution in [-0.4, -0.2) is 40.3 Å². The molecule has 0 bridgehead atoms. The van der Waals surface area contributed by atoms with Gasteiger partial charge in [0.1, 0.15) is 25.0 Å². The van der Waals surface area contributed by atoms with Crippen molar-refractivity contribution in [3.8, 4) is 0 Å². The molecule has 1 aliphatic rings. The number of H-pyrrole nitrogens is 1. The number of carbonyl (C=O) groups is 2. The van der Waals surface area contributed by atoms with Crippen LogP contribution in [0.4, 0.5) is 0 Å². The Bertz CT molecular complexity index is 1270. The molecule has 0 aliphatic carbocycles. The van der Waals surface area contributed by atoms with Gasteiger partial charge < -0.3 is 14.2 Å². The molecule has 4 rings (SSSR count). The van der Waals surface area contributed by atoms with E-state index in [1.54, 1.807) is 0 Å². The Hall–Kier alpha value is -3.55. The molecule has 182 valence electrons. The van der Waals surface area contributed by atoms with Crippen molar-refractivity contribution in [3.05, 3.63) is 87.7 Å². The van der Waals surface area contributed by atoms with Crippen molar-refractivity contribution < 1.29 is 23.8 Å². The molecule has 3 atom stereocenters. The average molecular weight is 496 g/mol. The molecular weight excluding hydrogens is 471 g/mol. The average Bonchev–Trinajstić information content (AvgIpc) is 3.22. The fourth-order valence-corrected chi connectivity index (χ4v) is 6.28. The fraction of sp³-hybridized carbons (Fsp3) is 0.280. The Morgan fingerprint density at radius 2 is 1.60 bits per heavy atom.